The Hall–Kier alpha value is -1.56. The lowest BCUT2D eigenvalue weighted by Crippen LogP contribution is -2.49. The van der Waals surface area contributed by atoms with Crippen LogP contribution in [0.15, 0.2) is 24.4 Å². The SMILES string of the molecule is CCN1CCN([C@H](C(=O)O)c2c[nH]c3ccc(Cl)cc23)CC1. The molecule has 0 radical (unpaired) electrons. The zero-order valence-corrected chi connectivity index (χ0v) is 13.3. The topological polar surface area (TPSA) is 59.6 Å². The molecule has 1 aliphatic heterocycles. The number of carboxylic acid groups (broad SMARTS) is 1. The number of H-pyrrole nitrogens is 1. The Balaban J connectivity index is 1.93. The second-order valence-electron chi connectivity index (χ2n) is 5.64. The highest BCUT2D eigenvalue weighted by atomic mass is 35.5. The Morgan fingerprint density at radius 1 is 1.36 bits per heavy atom. The van der Waals surface area contributed by atoms with Gasteiger partial charge in [0.1, 0.15) is 6.04 Å². The number of aliphatic carboxylic acids is 1. The Bertz CT molecular complexity index is 677. The highest BCUT2D eigenvalue weighted by Crippen LogP contribution is 2.31. The van der Waals surface area contributed by atoms with Crippen molar-refractivity contribution < 1.29 is 9.90 Å². The van der Waals surface area contributed by atoms with Gasteiger partial charge in [-0.2, -0.15) is 0 Å². The first-order valence-corrected chi connectivity index (χ1v) is 7.93. The Labute approximate surface area is 134 Å². The smallest absolute Gasteiger partial charge is 0.325 e. The first-order valence-electron chi connectivity index (χ1n) is 7.56. The molecule has 1 aromatic heterocycles. The number of halogens is 1. The number of aromatic amines is 1. The Kier molecular flexibility index (Phi) is 4.38. The fraction of sp³-hybridized carbons (Fsp3) is 0.438. The fourth-order valence-corrected chi connectivity index (χ4v) is 3.34. The van der Waals surface area contributed by atoms with Gasteiger partial charge in [0.05, 0.1) is 0 Å². The van der Waals surface area contributed by atoms with E-state index >= 15 is 0 Å². The van der Waals surface area contributed by atoms with Crippen molar-refractivity contribution in [3.8, 4) is 0 Å². The van der Waals surface area contributed by atoms with Gasteiger partial charge in [-0.1, -0.05) is 18.5 Å². The summed E-state index contributed by atoms with van der Waals surface area (Å²) in [4.78, 5) is 19.4. The molecule has 2 heterocycles. The van der Waals surface area contributed by atoms with Crippen molar-refractivity contribution in [2.24, 2.45) is 0 Å². The maximum atomic E-state index is 11.9. The largest absolute Gasteiger partial charge is 0.480 e. The van der Waals surface area contributed by atoms with E-state index in [1.807, 2.05) is 17.0 Å². The summed E-state index contributed by atoms with van der Waals surface area (Å²) in [5, 5.41) is 11.3. The van der Waals surface area contributed by atoms with Crippen molar-refractivity contribution in [3.63, 3.8) is 0 Å². The minimum atomic E-state index is -0.814. The van der Waals surface area contributed by atoms with E-state index in [1.54, 1.807) is 12.3 Å². The summed E-state index contributed by atoms with van der Waals surface area (Å²) in [6, 6.07) is 4.89. The van der Waals surface area contributed by atoms with Crippen LogP contribution in [0.2, 0.25) is 5.02 Å². The number of nitrogens with one attached hydrogen (secondary N) is 1. The Morgan fingerprint density at radius 2 is 2.09 bits per heavy atom. The van der Waals surface area contributed by atoms with Crippen LogP contribution in [0.25, 0.3) is 10.9 Å². The molecule has 1 fully saturated rings. The second kappa shape index (κ2) is 6.28. The quantitative estimate of drug-likeness (QED) is 0.908. The average Bonchev–Trinajstić information content (AvgIpc) is 2.91. The molecular weight excluding hydrogens is 302 g/mol. The highest BCUT2D eigenvalue weighted by molar-refractivity contribution is 6.31. The minimum absolute atomic E-state index is 0.619. The van der Waals surface area contributed by atoms with E-state index in [4.69, 9.17) is 11.6 Å². The number of benzene rings is 1. The molecule has 1 aliphatic rings. The van der Waals surface area contributed by atoms with Crippen LogP contribution >= 0.6 is 11.6 Å². The molecule has 0 aliphatic carbocycles. The van der Waals surface area contributed by atoms with Gasteiger partial charge < -0.3 is 15.0 Å². The van der Waals surface area contributed by atoms with Gasteiger partial charge in [0.25, 0.3) is 0 Å². The lowest BCUT2D eigenvalue weighted by Gasteiger charge is -2.37. The van der Waals surface area contributed by atoms with Crippen LogP contribution < -0.4 is 0 Å². The van der Waals surface area contributed by atoms with E-state index < -0.39 is 12.0 Å². The summed E-state index contributed by atoms with van der Waals surface area (Å²) < 4.78 is 0. The second-order valence-corrected chi connectivity index (χ2v) is 6.08. The molecule has 3 rings (SSSR count). The molecule has 0 spiro atoms. The van der Waals surface area contributed by atoms with Crippen LogP contribution in [-0.2, 0) is 4.79 Å². The molecular formula is C16H20ClN3O2. The lowest BCUT2D eigenvalue weighted by molar-refractivity contribution is -0.144. The zero-order chi connectivity index (χ0) is 15.7. The molecule has 1 atom stereocenters. The predicted octanol–water partition coefficient (Wildman–Crippen LogP) is 2.58. The molecule has 6 heteroatoms. The number of carbonyl (C=O) groups is 1. The van der Waals surface area contributed by atoms with Crippen molar-refractivity contribution in [2.75, 3.05) is 32.7 Å². The van der Waals surface area contributed by atoms with Gasteiger partial charge in [-0.05, 0) is 24.7 Å². The van der Waals surface area contributed by atoms with Crippen LogP contribution in [0, 0.1) is 0 Å². The molecule has 0 amide bonds. The summed E-state index contributed by atoms with van der Waals surface area (Å²) in [5.41, 5.74) is 1.70. The highest BCUT2D eigenvalue weighted by Gasteiger charge is 2.31. The molecule has 0 saturated carbocycles. The van der Waals surface area contributed by atoms with Gasteiger partial charge in [0, 0.05) is 53.9 Å². The van der Waals surface area contributed by atoms with E-state index in [1.165, 1.54) is 0 Å². The summed E-state index contributed by atoms with van der Waals surface area (Å²) in [5.74, 6) is -0.814. The fourth-order valence-electron chi connectivity index (χ4n) is 3.16. The van der Waals surface area contributed by atoms with E-state index in [0.29, 0.717) is 5.02 Å². The molecule has 118 valence electrons. The number of carboxylic acids is 1. The molecule has 2 aromatic rings. The van der Waals surface area contributed by atoms with Crippen molar-refractivity contribution >= 4 is 28.5 Å². The van der Waals surface area contributed by atoms with Gasteiger partial charge in [-0.3, -0.25) is 9.69 Å². The third-order valence-electron chi connectivity index (χ3n) is 4.42. The van der Waals surface area contributed by atoms with Crippen LogP contribution in [0.4, 0.5) is 0 Å². The van der Waals surface area contributed by atoms with Crippen LogP contribution in [0.1, 0.15) is 18.5 Å². The number of nitrogens with zero attached hydrogens (tertiary/aromatic N) is 2. The summed E-state index contributed by atoms with van der Waals surface area (Å²) >= 11 is 6.07. The molecule has 0 bridgehead atoms. The summed E-state index contributed by atoms with van der Waals surface area (Å²) in [6.45, 7) is 6.48. The van der Waals surface area contributed by atoms with Crippen LogP contribution in [0.5, 0.6) is 0 Å². The predicted molar refractivity (Wildman–Crippen MR) is 87.4 cm³/mol. The third-order valence-corrected chi connectivity index (χ3v) is 4.66. The molecule has 22 heavy (non-hydrogen) atoms. The van der Waals surface area contributed by atoms with Gasteiger partial charge in [-0.15, -0.1) is 0 Å². The number of aromatic nitrogens is 1. The number of hydrogen-bond donors (Lipinski definition) is 2. The normalized spacial score (nSPS) is 18.6. The standard InChI is InChI=1S/C16H20ClN3O2/c1-2-19-5-7-20(8-6-19)15(16(21)22)13-10-18-14-4-3-11(17)9-12(13)14/h3-4,9-10,15,18H,2,5-8H2,1H3,(H,21,22)/t15-/m0/s1. The van der Waals surface area contributed by atoms with E-state index in [9.17, 15) is 9.90 Å². The number of fused-ring (bicyclic) bond motifs is 1. The lowest BCUT2D eigenvalue weighted by atomic mass is 10.0. The molecule has 2 N–H and O–H groups in total. The molecule has 1 aromatic carbocycles. The number of rotatable bonds is 4. The average molecular weight is 322 g/mol. The zero-order valence-electron chi connectivity index (χ0n) is 12.6. The third kappa shape index (κ3) is 2.84. The minimum Gasteiger partial charge on any atom is -0.480 e. The monoisotopic (exact) mass is 321 g/mol. The van der Waals surface area contributed by atoms with Crippen LogP contribution in [0.3, 0.4) is 0 Å². The maximum Gasteiger partial charge on any atom is 0.325 e. The van der Waals surface area contributed by atoms with Gasteiger partial charge in [-0.25, -0.2) is 0 Å². The van der Waals surface area contributed by atoms with E-state index in [2.05, 4.69) is 16.8 Å². The summed E-state index contributed by atoms with van der Waals surface area (Å²) in [6.07, 6.45) is 1.80. The van der Waals surface area contributed by atoms with E-state index in [-0.39, 0.29) is 0 Å². The van der Waals surface area contributed by atoms with Crippen LogP contribution in [-0.4, -0.2) is 58.6 Å². The number of piperazine rings is 1. The van der Waals surface area contributed by atoms with Crippen molar-refractivity contribution in [3.05, 3.63) is 35.0 Å². The molecule has 1 saturated heterocycles. The molecule has 0 unspecified atom stereocenters. The van der Waals surface area contributed by atoms with Gasteiger partial charge in [0.2, 0.25) is 0 Å². The summed E-state index contributed by atoms with van der Waals surface area (Å²) in [7, 11) is 0. The molecule has 5 nitrogen and oxygen atoms in total. The maximum absolute atomic E-state index is 11.9. The van der Waals surface area contributed by atoms with E-state index in [0.717, 1.165) is 49.2 Å². The first kappa shape index (κ1) is 15.3. The number of likely N-dealkylation sites (N-methyl/N-ethyl adjacent to an activating group) is 1. The van der Waals surface area contributed by atoms with Crippen molar-refractivity contribution in [1.29, 1.82) is 0 Å². The first-order chi connectivity index (χ1) is 10.6. The van der Waals surface area contributed by atoms with Gasteiger partial charge in [0.15, 0.2) is 0 Å². The van der Waals surface area contributed by atoms with Gasteiger partial charge >= 0.3 is 5.97 Å². The van der Waals surface area contributed by atoms with Crippen molar-refractivity contribution in [1.82, 2.24) is 14.8 Å². The Morgan fingerprint density at radius 3 is 2.73 bits per heavy atom. The number of hydrogen-bond acceptors (Lipinski definition) is 3. The van der Waals surface area contributed by atoms with Crippen molar-refractivity contribution in [2.45, 2.75) is 13.0 Å².